The van der Waals surface area contributed by atoms with Crippen LogP contribution in [0.2, 0.25) is 5.15 Å². The van der Waals surface area contributed by atoms with Crippen molar-refractivity contribution in [3.63, 3.8) is 0 Å². The van der Waals surface area contributed by atoms with E-state index in [1.807, 2.05) is 0 Å². The molecule has 0 bridgehead atoms. The van der Waals surface area contributed by atoms with Crippen LogP contribution in [0.25, 0.3) is 0 Å². The Morgan fingerprint density at radius 3 is 2.78 bits per heavy atom. The molecular weight excluding hydrogens is 320 g/mol. The highest BCUT2D eigenvalue weighted by atomic mass is 79.9. The Bertz CT molecular complexity index is 605. The highest BCUT2D eigenvalue weighted by molar-refractivity contribution is 9.10. The number of anilines is 2. The smallest absolute Gasteiger partial charge is 0.256 e. The number of nitrogen functional groups attached to an aromatic ring is 1. The molecule has 0 aliphatic carbocycles. The van der Waals surface area contributed by atoms with Gasteiger partial charge in [-0.3, -0.25) is 4.79 Å². The number of benzene rings is 1. The first-order chi connectivity index (χ1) is 8.56. The summed E-state index contributed by atoms with van der Waals surface area (Å²) in [6.07, 6.45) is 1.27. The van der Waals surface area contributed by atoms with Gasteiger partial charge in [-0.1, -0.05) is 11.6 Å². The molecule has 0 aliphatic rings. The van der Waals surface area contributed by atoms with Gasteiger partial charge < -0.3 is 11.1 Å². The van der Waals surface area contributed by atoms with E-state index in [0.29, 0.717) is 21.5 Å². The Hall–Kier alpha value is -1.66. The third-order valence-electron chi connectivity index (χ3n) is 2.14. The molecule has 1 heterocycles. The van der Waals surface area contributed by atoms with Crippen LogP contribution in [0.3, 0.4) is 0 Å². The fourth-order valence-corrected chi connectivity index (χ4v) is 1.78. The fourth-order valence-electron chi connectivity index (χ4n) is 1.26. The van der Waals surface area contributed by atoms with Crippen molar-refractivity contribution in [2.24, 2.45) is 0 Å². The zero-order valence-electron chi connectivity index (χ0n) is 9.02. The molecule has 18 heavy (non-hydrogen) atoms. The van der Waals surface area contributed by atoms with Crippen molar-refractivity contribution in [2.75, 3.05) is 11.1 Å². The van der Waals surface area contributed by atoms with E-state index in [-0.39, 0.29) is 11.1 Å². The standard InChI is InChI=1S/C11H8BrClN4O/c12-7-3-6(1-2-8(7)14)11(18)17-10-4-9(13)15-5-16-10/h1-5H,14H2,(H,15,16,17,18). The summed E-state index contributed by atoms with van der Waals surface area (Å²) in [4.78, 5) is 19.5. The lowest BCUT2D eigenvalue weighted by molar-refractivity contribution is 0.102. The predicted molar refractivity (Wildman–Crippen MR) is 73.5 cm³/mol. The van der Waals surface area contributed by atoms with Gasteiger partial charge in [0.25, 0.3) is 5.91 Å². The van der Waals surface area contributed by atoms with E-state index in [2.05, 4.69) is 31.2 Å². The molecule has 0 saturated heterocycles. The van der Waals surface area contributed by atoms with Crippen molar-refractivity contribution in [1.82, 2.24) is 9.97 Å². The fraction of sp³-hybridized carbons (Fsp3) is 0. The first kappa shape index (κ1) is 12.8. The zero-order valence-corrected chi connectivity index (χ0v) is 11.4. The van der Waals surface area contributed by atoms with Gasteiger partial charge in [0.2, 0.25) is 0 Å². The zero-order chi connectivity index (χ0) is 13.1. The molecule has 0 radical (unpaired) electrons. The van der Waals surface area contributed by atoms with Crippen molar-refractivity contribution in [3.05, 3.63) is 45.8 Å². The third-order valence-corrected chi connectivity index (χ3v) is 3.03. The van der Waals surface area contributed by atoms with Gasteiger partial charge in [-0.2, -0.15) is 0 Å². The van der Waals surface area contributed by atoms with Crippen molar-refractivity contribution in [2.45, 2.75) is 0 Å². The van der Waals surface area contributed by atoms with Gasteiger partial charge in [0.1, 0.15) is 17.3 Å². The molecule has 0 saturated carbocycles. The van der Waals surface area contributed by atoms with E-state index < -0.39 is 0 Å². The first-order valence-electron chi connectivity index (χ1n) is 4.90. The van der Waals surface area contributed by atoms with Crippen molar-refractivity contribution < 1.29 is 4.79 Å². The van der Waals surface area contributed by atoms with Gasteiger partial charge in [0.05, 0.1) is 0 Å². The van der Waals surface area contributed by atoms with Gasteiger partial charge in [-0.15, -0.1) is 0 Å². The Morgan fingerprint density at radius 2 is 2.11 bits per heavy atom. The number of nitrogens with two attached hydrogens (primary N) is 1. The molecule has 2 rings (SSSR count). The van der Waals surface area contributed by atoms with Gasteiger partial charge >= 0.3 is 0 Å². The third kappa shape index (κ3) is 2.96. The predicted octanol–water partition coefficient (Wildman–Crippen LogP) is 2.73. The van der Waals surface area contributed by atoms with E-state index in [4.69, 9.17) is 17.3 Å². The van der Waals surface area contributed by atoms with E-state index in [0.717, 1.165) is 0 Å². The molecular formula is C11H8BrClN4O. The molecule has 0 aliphatic heterocycles. The molecule has 7 heteroatoms. The number of carbonyl (C=O) groups is 1. The molecule has 0 atom stereocenters. The van der Waals surface area contributed by atoms with Crippen molar-refractivity contribution in [1.29, 1.82) is 0 Å². The van der Waals surface area contributed by atoms with Gasteiger partial charge in [-0.25, -0.2) is 9.97 Å². The minimum absolute atomic E-state index is 0.263. The van der Waals surface area contributed by atoms with E-state index >= 15 is 0 Å². The Kier molecular flexibility index (Phi) is 3.78. The van der Waals surface area contributed by atoms with E-state index in [1.165, 1.54) is 12.4 Å². The molecule has 92 valence electrons. The summed E-state index contributed by atoms with van der Waals surface area (Å²) in [7, 11) is 0. The summed E-state index contributed by atoms with van der Waals surface area (Å²) >= 11 is 8.95. The molecule has 1 aromatic carbocycles. The van der Waals surface area contributed by atoms with Crippen LogP contribution in [0.15, 0.2) is 35.1 Å². The first-order valence-corrected chi connectivity index (χ1v) is 6.07. The van der Waals surface area contributed by atoms with Crippen LogP contribution in [0, 0.1) is 0 Å². The molecule has 0 spiro atoms. The SMILES string of the molecule is Nc1ccc(C(=O)Nc2cc(Cl)ncn2)cc1Br. The average molecular weight is 328 g/mol. The number of aromatic nitrogens is 2. The minimum atomic E-state index is -0.300. The second kappa shape index (κ2) is 5.32. The van der Waals surface area contributed by atoms with Crippen molar-refractivity contribution >= 4 is 44.9 Å². The Morgan fingerprint density at radius 1 is 1.33 bits per heavy atom. The monoisotopic (exact) mass is 326 g/mol. The Labute approximate surface area is 117 Å². The summed E-state index contributed by atoms with van der Waals surface area (Å²) in [5.74, 6) is 0.0402. The number of halogens is 2. The topological polar surface area (TPSA) is 80.9 Å². The van der Waals surface area contributed by atoms with E-state index in [9.17, 15) is 4.79 Å². The maximum atomic E-state index is 11.9. The van der Waals surface area contributed by atoms with Crippen molar-refractivity contribution in [3.8, 4) is 0 Å². The molecule has 1 amide bonds. The number of nitrogens with zero attached hydrogens (tertiary/aromatic N) is 2. The van der Waals surface area contributed by atoms with Gasteiger partial charge in [-0.05, 0) is 34.1 Å². The Balaban J connectivity index is 2.19. The second-order valence-corrected chi connectivity index (χ2v) is 4.66. The summed E-state index contributed by atoms with van der Waals surface area (Å²) in [5, 5.41) is 2.87. The summed E-state index contributed by atoms with van der Waals surface area (Å²) in [6, 6.07) is 6.36. The van der Waals surface area contributed by atoms with Crippen LogP contribution in [0.1, 0.15) is 10.4 Å². The largest absolute Gasteiger partial charge is 0.398 e. The lowest BCUT2D eigenvalue weighted by Gasteiger charge is -2.05. The summed E-state index contributed by atoms with van der Waals surface area (Å²) in [6.45, 7) is 0. The van der Waals surface area contributed by atoms with Crippen LogP contribution < -0.4 is 11.1 Å². The quantitative estimate of drug-likeness (QED) is 0.656. The molecule has 0 unspecified atom stereocenters. The van der Waals surface area contributed by atoms with Crippen LogP contribution in [-0.4, -0.2) is 15.9 Å². The van der Waals surface area contributed by atoms with Crippen LogP contribution in [-0.2, 0) is 0 Å². The number of amides is 1. The number of rotatable bonds is 2. The highest BCUT2D eigenvalue weighted by Gasteiger charge is 2.08. The van der Waals surface area contributed by atoms with Crippen LogP contribution >= 0.6 is 27.5 Å². The molecule has 5 nitrogen and oxygen atoms in total. The summed E-state index contributed by atoms with van der Waals surface area (Å²) < 4.78 is 0.663. The maximum Gasteiger partial charge on any atom is 0.256 e. The van der Waals surface area contributed by atoms with Crippen LogP contribution in [0.5, 0.6) is 0 Å². The normalized spacial score (nSPS) is 10.1. The van der Waals surface area contributed by atoms with Crippen LogP contribution in [0.4, 0.5) is 11.5 Å². The molecule has 1 aromatic heterocycles. The maximum absolute atomic E-state index is 11.9. The molecule has 3 N–H and O–H groups in total. The highest BCUT2D eigenvalue weighted by Crippen LogP contribution is 2.21. The number of carbonyl (C=O) groups excluding carboxylic acids is 1. The molecule has 2 aromatic rings. The summed E-state index contributed by atoms with van der Waals surface area (Å²) in [5.41, 5.74) is 6.67. The molecule has 0 fully saturated rings. The number of hydrogen-bond acceptors (Lipinski definition) is 4. The van der Waals surface area contributed by atoms with Gasteiger partial charge in [0, 0.05) is 21.8 Å². The van der Waals surface area contributed by atoms with E-state index in [1.54, 1.807) is 18.2 Å². The number of hydrogen-bond donors (Lipinski definition) is 2. The van der Waals surface area contributed by atoms with Gasteiger partial charge in [0.15, 0.2) is 0 Å². The minimum Gasteiger partial charge on any atom is -0.398 e. The second-order valence-electron chi connectivity index (χ2n) is 3.42. The lowest BCUT2D eigenvalue weighted by atomic mass is 10.2. The lowest BCUT2D eigenvalue weighted by Crippen LogP contribution is -2.13. The number of nitrogens with one attached hydrogen (secondary N) is 1. The average Bonchev–Trinajstić information content (AvgIpc) is 2.32.